The first-order chi connectivity index (χ1) is 8.70. The van der Waals surface area contributed by atoms with Crippen molar-refractivity contribution >= 4 is 23.2 Å². The molecular weight excluding hydrogens is 252 g/mol. The van der Waals surface area contributed by atoms with Crippen LogP contribution in [0.1, 0.15) is 18.4 Å². The lowest BCUT2D eigenvalue weighted by molar-refractivity contribution is -0.122. The van der Waals surface area contributed by atoms with Gasteiger partial charge < -0.3 is 10.1 Å². The molecule has 0 saturated carbocycles. The molecular formula is C13H13ClN2O2. The molecule has 0 spiro atoms. The number of nitrogens with zero attached hydrogens (tertiary/aromatic N) is 1. The zero-order chi connectivity index (χ0) is 13.0. The first-order valence-corrected chi connectivity index (χ1v) is 6.17. The van der Waals surface area contributed by atoms with Gasteiger partial charge in [-0.05, 0) is 31.0 Å². The van der Waals surface area contributed by atoms with Crippen molar-refractivity contribution in [3.63, 3.8) is 0 Å². The number of nitrogens with one attached hydrogen (secondary N) is 1. The molecule has 4 nitrogen and oxygen atoms in total. The minimum atomic E-state index is -0.0722. The summed E-state index contributed by atoms with van der Waals surface area (Å²) in [6.07, 6.45) is 1.43. The summed E-state index contributed by atoms with van der Waals surface area (Å²) in [6.45, 7) is 1.22. The molecule has 1 aliphatic heterocycles. The van der Waals surface area contributed by atoms with Crippen LogP contribution in [0.15, 0.2) is 18.2 Å². The normalized spacial score (nSPS) is 16.0. The average Bonchev–Trinajstić information content (AvgIpc) is 2.40. The van der Waals surface area contributed by atoms with E-state index in [2.05, 4.69) is 5.32 Å². The molecule has 0 aliphatic carbocycles. The number of halogens is 1. The van der Waals surface area contributed by atoms with Gasteiger partial charge in [0.25, 0.3) is 0 Å². The van der Waals surface area contributed by atoms with Gasteiger partial charge in [-0.25, -0.2) is 0 Å². The Bertz CT molecular complexity index is 490. The fourth-order valence-corrected chi connectivity index (χ4v) is 2.08. The maximum atomic E-state index is 12.0. The smallest absolute Gasteiger partial charge is 0.227 e. The van der Waals surface area contributed by atoms with Crippen molar-refractivity contribution in [3.05, 3.63) is 28.8 Å². The summed E-state index contributed by atoms with van der Waals surface area (Å²) in [4.78, 5) is 12.0. The molecule has 1 amide bonds. The standard InChI is InChI=1S/C13H13ClN2O2/c14-11-2-1-10(8-15)12(7-11)16-13(17)9-3-5-18-6-4-9/h1-2,7,9H,3-6H2,(H,16,17). The summed E-state index contributed by atoms with van der Waals surface area (Å²) in [5.41, 5.74) is 0.890. The van der Waals surface area contributed by atoms with Gasteiger partial charge in [0, 0.05) is 24.2 Å². The van der Waals surface area contributed by atoms with E-state index in [4.69, 9.17) is 21.6 Å². The highest BCUT2D eigenvalue weighted by Gasteiger charge is 2.22. The molecule has 18 heavy (non-hydrogen) atoms. The highest BCUT2D eigenvalue weighted by molar-refractivity contribution is 6.31. The molecule has 2 rings (SSSR count). The number of anilines is 1. The molecule has 0 atom stereocenters. The first kappa shape index (κ1) is 12.9. The third-order valence-corrected chi connectivity index (χ3v) is 3.19. The van der Waals surface area contributed by atoms with E-state index in [1.165, 1.54) is 0 Å². The maximum Gasteiger partial charge on any atom is 0.227 e. The van der Waals surface area contributed by atoms with Crippen molar-refractivity contribution in [2.24, 2.45) is 5.92 Å². The lowest BCUT2D eigenvalue weighted by Gasteiger charge is -2.21. The summed E-state index contributed by atoms with van der Waals surface area (Å²) in [7, 11) is 0. The van der Waals surface area contributed by atoms with Gasteiger partial charge >= 0.3 is 0 Å². The third-order valence-electron chi connectivity index (χ3n) is 2.95. The van der Waals surface area contributed by atoms with E-state index in [0.717, 1.165) is 0 Å². The fourth-order valence-electron chi connectivity index (χ4n) is 1.91. The van der Waals surface area contributed by atoms with Gasteiger partial charge in [-0.1, -0.05) is 11.6 Å². The molecule has 1 fully saturated rings. The van der Waals surface area contributed by atoms with Crippen molar-refractivity contribution in [1.82, 2.24) is 0 Å². The van der Waals surface area contributed by atoms with Crippen LogP contribution in [0.3, 0.4) is 0 Å². The van der Waals surface area contributed by atoms with E-state index < -0.39 is 0 Å². The van der Waals surface area contributed by atoms with Gasteiger partial charge in [0.2, 0.25) is 5.91 Å². The Labute approximate surface area is 111 Å². The number of hydrogen-bond donors (Lipinski definition) is 1. The lowest BCUT2D eigenvalue weighted by Crippen LogP contribution is -2.28. The molecule has 0 aromatic heterocycles. The zero-order valence-electron chi connectivity index (χ0n) is 9.78. The third kappa shape index (κ3) is 3.00. The molecule has 1 aromatic carbocycles. The van der Waals surface area contributed by atoms with Crippen molar-refractivity contribution < 1.29 is 9.53 Å². The van der Waals surface area contributed by atoms with Gasteiger partial charge in [0.1, 0.15) is 6.07 Å². The lowest BCUT2D eigenvalue weighted by atomic mass is 9.99. The van der Waals surface area contributed by atoms with E-state index in [0.29, 0.717) is 42.3 Å². The van der Waals surface area contributed by atoms with Gasteiger partial charge in [0.15, 0.2) is 0 Å². The number of ether oxygens (including phenoxy) is 1. The van der Waals surface area contributed by atoms with Crippen LogP contribution in [0.4, 0.5) is 5.69 Å². The molecule has 0 bridgehead atoms. The second-order valence-corrected chi connectivity index (χ2v) is 4.61. The van der Waals surface area contributed by atoms with Crippen LogP contribution in [-0.4, -0.2) is 19.1 Å². The average molecular weight is 265 g/mol. The summed E-state index contributed by atoms with van der Waals surface area (Å²) >= 11 is 5.86. The molecule has 94 valence electrons. The van der Waals surface area contributed by atoms with Crippen LogP contribution in [0, 0.1) is 17.2 Å². The number of rotatable bonds is 2. The second-order valence-electron chi connectivity index (χ2n) is 4.18. The topological polar surface area (TPSA) is 62.1 Å². The van der Waals surface area contributed by atoms with Crippen LogP contribution < -0.4 is 5.32 Å². The Morgan fingerprint density at radius 1 is 1.44 bits per heavy atom. The van der Waals surface area contributed by atoms with E-state index >= 15 is 0 Å². The summed E-state index contributed by atoms with van der Waals surface area (Å²) in [5.74, 6) is -0.124. The summed E-state index contributed by atoms with van der Waals surface area (Å²) in [6, 6.07) is 6.86. The van der Waals surface area contributed by atoms with Crippen LogP contribution in [0.5, 0.6) is 0 Å². The summed E-state index contributed by atoms with van der Waals surface area (Å²) in [5, 5.41) is 12.2. The quantitative estimate of drug-likeness (QED) is 0.893. The highest BCUT2D eigenvalue weighted by atomic mass is 35.5. The minimum absolute atomic E-state index is 0.0516. The van der Waals surface area contributed by atoms with Gasteiger partial charge in [0.05, 0.1) is 11.3 Å². The van der Waals surface area contributed by atoms with Crippen LogP contribution in [0.25, 0.3) is 0 Å². The van der Waals surface area contributed by atoms with Gasteiger partial charge in [-0.15, -0.1) is 0 Å². The zero-order valence-corrected chi connectivity index (χ0v) is 10.5. The monoisotopic (exact) mass is 264 g/mol. The van der Waals surface area contributed by atoms with Gasteiger partial charge in [-0.2, -0.15) is 5.26 Å². The molecule has 0 unspecified atom stereocenters. The van der Waals surface area contributed by atoms with Crippen molar-refractivity contribution in [2.75, 3.05) is 18.5 Å². The Balaban J connectivity index is 2.11. The Morgan fingerprint density at radius 2 is 2.17 bits per heavy atom. The summed E-state index contributed by atoms with van der Waals surface area (Å²) < 4.78 is 5.21. The van der Waals surface area contributed by atoms with Crippen LogP contribution in [-0.2, 0) is 9.53 Å². The Kier molecular flexibility index (Phi) is 4.19. The van der Waals surface area contributed by atoms with E-state index in [1.807, 2.05) is 6.07 Å². The minimum Gasteiger partial charge on any atom is -0.381 e. The van der Waals surface area contributed by atoms with Crippen LogP contribution in [0.2, 0.25) is 5.02 Å². The number of hydrogen-bond acceptors (Lipinski definition) is 3. The second kappa shape index (κ2) is 5.85. The largest absolute Gasteiger partial charge is 0.381 e. The number of nitriles is 1. The molecule has 0 radical (unpaired) electrons. The molecule has 1 aliphatic rings. The highest BCUT2D eigenvalue weighted by Crippen LogP contribution is 2.23. The van der Waals surface area contributed by atoms with Crippen LogP contribution >= 0.6 is 11.6 Å². The van der Waals surface area contributed by atoms with E-state index in [-0.39, 0.29) is 11.8 Å². The molecule has 5 heteroatoms. The Hall–Kier alpha value is -1.57. The molecule has 1 aromatic rings. The SMILES string of the molecule is N#Cc1ccc(Cl)cc1NC(=O)C1CCOCC1. The number of carbonyl (C=O) groups is 1. The Morgan fingerprint density at radius 3 is 2.83 bits per heavy atom. The predicted molar refractivity (Wildman–Crippen MR) is 68.3 cm³/mol. The number of benzene rings is 1. The molecule has 1 N–H and O–H groups in total. The molecule has 1 heterocycles. The predicted octanol–water partition coefficient (Wildman–Crippen LogP) is 2.58. The number of carbonyl (C=O) groups excluding carboxylic acids is 1. The van der Waals surface area contributed by atoms with Crippen molar-refractivity contribution in [3.8, 4) is 6.07 Å². The fraction of sp³-hybridized carbons (Fsp3) is 0.385. The first-order valence-electron chi connectivity index (χ1n) is 5.79. The van der Waals surface area contributed by atoms with Crippen molar-refractivity contribution in [2.45, 2.75) is 12.8 Å². The van der Waals surface area contributed by atoms with E-state index in [1.54, 1.807) is 18.2 Å². The molecule has 1 saturated heterocycles. The maximum absolute atomic E-state index is 12.0. The van der Waals surface area contributed by atoms with Crippen molar-refractivity contribution in [1.29, 1.82) is 5.26 Å². The number of amides is 1. The van der Waals surface area contributed by atoms with E-state index in [9.17, 15) is 4.79 Å². The van der Waals surface area contributed by atoms with Gasteiger partial charge in [-0.3, -0.25) is 4.79 Å².